The molecule has 0 aliphatic heterocycles. The van der Waals surface area contributed by atoms with Crippen LogP contribution >= 0.6 is 0 Å². The molecule has 0 fully saturated rings. The van der Waals surface area contributed by atoms with Gasteiger partial charge in [-0.15, -0.1) is 0 Å². The summed E-state index contributed by atoms with van der Waals surface area (Å²) in [4.78, 5) is 10.3. The first-order valence-corrected chi connectivity index (χ1v) is 5.74. The van der Waals surface area contributed by atoms with Crippen LogP contribution in [0.25, 0.3) is 0 Å². The SMILES string of the molecule is CCOCCOC(CCCOC)COC(=O)O. The second-order valence-corrected chi connectivity index (χ2v) is 3.40. The van der Waals surface area contributed by atoms with Crippen LogP contribution in [0.5, 0.6) is 0 Å². The maximum atomic E-state index is 10.3. The molecule has 0 saturated carbocycles. The molecule has 0 aliphatic carbocycles. The van der Waals surface area contributed by atoms with Gasteiger partial charge < -0.3 is 24.1 Å². The number of ether oxygens (including phenoxy) is 4. The van der Waals surface area contributed by atoms with Crippen LogP contribution in [0, 0.1) is 0 Å². The highest BCUT2D eigenvalue weighted by Crippen LogP contribution is 2.04. The third kappa shape index (κ3) is 11.4. The zero-order chi connectivity index (χ0) is 12.9. The van der Waals surface area contributed by atoms with Gasteiger partial charge in [-0.2, -0.15) is 0 Å². The second-order valence-electron chi connectivity index (χ2n) is 3.40. The van der Waals surface area contributed by atoms with E-state index in [-0.39, 0.29) is 12.7 Å². The fraction of sp³-hybridized carbons (Fsp3) is 0.909. The molecule has 1 unspecified atom stereocenters. The van der Waals surface area contributed by atoms with Gasteiger partial charge in [0, 0.05) is 20.3 Å². The van der Waals surface area contributed by atoms with E-state index in [0.717, 1.165) is 6.42 Å². The number of hydrogen-bond acceptors (Lipinski definition) is 5. The monoisotopic (exact) mass is 250 g/mol. The van der Waals surface area contributed by atoms with Crippen molar-refractivity contribution in [2.75, 3.05) is 40.1 Å². The molecule has 102 valence electrons. The number of carboxylic acid groups (broad SMARTS) is 1. The Morgan fingerprint density at radius 1 is 1.29 bits per heavy atom. The lowest BCUT2D eigenvalue weighted by Gasteiger charge is -2.16. The van der Waals surface area contributed by atoms with E-state index in [4.69, 9.17) is 19.3 Å². The zero-order valence-electron chi connectivity index (χ0n) is 10.5. The lowest BCUT2D eigenvalue weighted by atomic mass is 10.2. The molecule has 0 aromatic heterocycles. The van der Waals surface area contributed by atoms with Gasteiger partial charge in [0.25, 0.3) is 0 Å². The summed E-state index contributed by atoms with van der Waals surface area (Å²) in [6.07, 6.45) is -0.0108. The van der Waals surface area contributed by atoms with Crippen molar-refractivity contribution in [1.82, 2.24) is 0 Å². The smallest absolute Gasteiger partial charge is 0.450 e. The van der Waals surface area contributed by atoms with Gasteiger partial charge in [-0.3, -0.25) is 0 Å². The predicted molar refractivity (Wildman–Crippen MR) is 61.3 cm³/mol. The summed E-state index contributed by atoms with van der Waals surface area (Å²) in [7, 11) is 1.62. The molecule has 0 amide bonds. The minimum absolute atomic E-state index is 0.0468. The topological polar surface area (TPSA) is 74.2 Å². The quantitative estimate of drug-likeness (QED) is 0.443. The fourth-order valence-electron chi connectivity index (χ4n) is 1.25. The predicted octanol–water partition coefficient (Wildman–Crippen LogP) is 1.53. The van der Waals surface area contributed by atoms with Crippen molar-refractivity contribution in [1.29, 1.82) is 0 Å². The number of carbonyl (C=O) groups is 1. The van der Waals surface area contributed by atoms with Crippen LogP contribution in [0.1, 0.15) is 19.8 Å². The number of hydrogen-bond donors (Lipinski definition) is 1. The van der Waals surface area contributed by atoms with Crippen molar-refractivity contribution in [3.8, 4) is 0 Å². The normalized spacial score (nSPS) is 12.4. The van der Waals surface area contributed by atoms with E-state index in [2.05, 4.69) is 4.74 Å². The Morgan fingerprint density at radius 2 is 2.06 bits per heavy atom. The van der Waals surface area contributed by atoms with Crippen molar-refractivity contribution in [3.63, 3.8) is 0 Å². The summed E-state index contributed by atoms with van der Waals surface area (Å²) < 4.78 is 20.0. The molecule has 0 aliphatic rings. The Bertz CT molecular complexity index is 185. The zero-order valence-corrected chi connectivity index (χ0v) is 10.5. The van der Waals surface area contributed by atoms with Gasteiger partial charge in [-0.05, 0) is 19.8 Å². The largest absolute Gasteiger partial charge is 0.505 e. The minimum Gasteiger partial charge on any atom is -0.450 e. The average molecular weight is 250 g/mol. The summed E-state index contributed by atoms with van der Waals surface area (Å²) in [5.41, 5.74) is 0. The highest BCUT2D eigenvalue weighted by atomic mass is 16.7. The molecule has 0 spiro atoms. The summed E-state index contributed by atoms with van der Waals surface area (Å²) >= 11 is 0. The van der Waals surface area contributed by atoms with Crippen molar-refractivity contribution < 1.29 is 28.8 Å². The molecule has 6 nitrogen and oxygen atoms in total. The Labute approximate surface area is 102 Å². The van der Waals surface area contributed by atoms with Crippen LogP contribution in [0.4, 0.5) is 4.79 Å². The molecule has 0 rings (SSSR count). The van der Waals surface area contributed by atoms with Crippen LogP contribution in [0.3, 0.4) is 0 Å². The molecule has 0 aromatic carbocycles. The molecule has 6 heteroatoms. The van der Waals surface area contributed by atoms with E-state index >= 15 is 0 Å². The molecule has 1 atom stereocenters. The Balaban J connectivity index is 3.71. The highest BCUT2D eigenvalue weighted by Gasteiger charge is 2.11. The first-order chi connectivity index (χ1) is 8.20. The van der Waals surface area contributed by atoms with Crippen molar-refractivity contribution >= 4 is 6.16 Å². The molecule has 17 heavy (non-hydrogen) atoms. The van der Waals surface area contributed by atoms with E-state index in [0.29, 0.717) is 32.8 Å². The standard InChI is InChI=1S/C11H22O6/c1-3-15-7-8-16-10(5-4-6-14-2)9-17-11(12)13/h10H,3-9H2,1-2H3,(H,12,13). The van der Waals surface area contributed by atoms with E-state index in [1.165, 1.54) is 0 Å². The van der Waals surface area contributed by atoms with Crippen molar-refractivity contribution in [2.45, 2.75) is 25.9 Å². The first kappa shape index (κ1) is 16.1. The summed E-state index contributed by atoms with van der Waals surface area (Å²) in [5, 5.41) is 8.42. The maximum Gasteiger partial charge on any atom is 0.505 e. The average Bonchev–Trinajstić information content (AvgIpc) is 2.30. The lowest BCUT2D eigenvalue weighted by molar-refractivity contribution is -0.0342. The van der Waals surface area contributed by atoms with Crippen molar-refractivity contribution in [3.05, 3.63) is 0 Å². The Morgan fingerprint density at radius 3 is 2.65 bits per heavy atom. The van der Waals surface area contributed by atoms with Gasteiger partial charge in [0.05, 0.1) is 19.3 Å². The van der Waals surface area contributed by atoms with Crippen LogP contribution in [-0.2, 0) is 18.9 Å². The number of rotatable bonds is 11. The van der Waals surface area contributed by atoms with Crippen LogP contribution in [0.2, 0.25) is 0 Å². The maximum absolute atomic E-state index is 10.3. The Hall–Kier alpha value is -0.850. The third-order valence-electron chi connectivity index (χ3n) is 2.05. The van der Waals surface area contributed by atoms with E-state index < -0.39 is 6.16 Å². The van der Waals surface area contributed by atoms with Gasteiger partial charge in [0.1, 0.15) is 6.61 Å². The van der Waals surface area contributed by atoms with E-state index in [9.17, 15) is 4.79 Å². The highest BCUT2D eigenvalue weighted by molar-refractivity contribution is 5.56. The fourth-order valence-corrected chi connectivity index (χ4v) is 1.25. The van der Waals surface area contributed by atoms with Gasteiger partial charge in [-0.1, -0.05) is 0 Å². The summed E-state index contributed by atoms with van der Waals surface area (Å²) in [6.45, 7) is 4.16. The van der Waals surface area contributed by atoms with E-state index in [1.807, 2.05) is 6.92 Å². The van der Waals surface area contributed by atoms with Crippen LogP contribution < -0.4 is 0 Å². The van der Waals surface area contributed by atoms with Crippen LogP contribution in [-0.4, -0.2) is 57.5 Å². The molecule has 0 heterocycles. The molecule has 1 N–H and O–H groups in total. The van der Waals surface area contributed by atoms with Crippen molar-refractivity contribution in [2.24, 2.45) is 0 Å². The van der Waals surface area contributed by atoms with Crippen LogP contribution in [0.15, 0.2) is 0 Å². The first-order valence-electron chi connectivity index (χ1n) is 5.74. The molecular formula is C11H22O6. The summed E-state index contributed by atoms with van der Waals surface area (Å²) in [6, 6.07) is 0. The van der Waals surface area contributed by atoms with Gasteiger partial charge in [-0.25, -0.2) is 4.79 Å². The van der Waals surface area contributed by atoms with Gasteiger partial charge in [0.15, 0.2) is 0 Å². The molecule has 0 saturated heterocycles. The molecular weight excluding hydrogens is 228 g/mol. The minimum atomic E-state index is -1.28. The second kappa shape index (κ2) is 11.6. The van der Waals surface area contributed by atoms with Gasteiger partial charge in [0.2, 0.25) is 0 Å². The molecule has 0 aromatic rings. The number of methoxy groups -OCH3 is 1. The third-order valence-corrected chi connectivity index (χ3v) is 2.05. The van der Waals surface area contributed by atoms with E-state index in [1.54, 1.807) is 7.11 Å². The molecule has 0 radical (unpaired) electrons. The molecule has 0 bridgehead atoms. The van der Waals surface area contributed by atoms with Gasteiger partial charge >= 0.3 is 6.16 Å². The summed E-state index contributed by atoms with van der Waals surface area (Å²) in [5.74, 6) is 0. The Kier molecular flexibility index (Phi) is 11.0. The lowest BCUT2D eigenvalue weighted by Crippen LogP contribution is -2.24.